The van der Waals surface area contributed by atoms with E-state index in [4.69, 9.17) is 4.74 Å². The van der Waals surface area contributed by atoms with Crippen LogP contribution in [0.15, 0.2) is 4.99 Å². The predicted molar refractivity (Wildman–Crippen MR) is 72.0 cm³/mol. The summed E-state index contributed by atoms with van der Waals surface area (Å²) in [6.45, 7) is 3.25. The van der Waals surface area contributed by atoms with Crippen LogP contribution in [-0.2, 0) is 14.3 Å². The second kappa shape index (κ2) is 6.75. The number of nitrogens with zero attached hydrogens (tertiary/aromatic N) is 1. The van der Waals surface area contributed by atoms with Crippen molar-refractivity contribution in [3.8, 4) is 0 Å². The van der Waals surface area contributed by atoms with Crippen LogP contribution in [0.4, 0.5) is 0 Å². The summed E-state index contributed by atoms with van der Waals surface area (Å²) in [5, 5.41) is 6.59. The average molecular weight is 269 g/mol. The summed E-state index contributed by atoms with van der Waals surface area (Å²) in [5.74, 6) is 0.524. The van der Waals surface area contributed by atoms with Crippen LogP contribution in [0.2, 0.25) is 0 Å². The molecular weight excluding hydrogens is 246 g/mol. The SMILES string of the molecule is CCNC(=NCCC(=O)OC)NC1CC2CCC1O2. The fraction of sp³-hybridized carbons (Fsp3) is 0.846. The molecule has 3 unspecified atom stereocenters. The van der Waals surface area contributed by atoms with Gasteiger partial charge in [-0.15, -0.1) is 0 Å². The molecule has 0 amide bonds. The summed E-state index contributed by atoms with van der Waals surface area (Å²) >= 11 is 0. The molecule has 3 atom stereocenters. The number of ether oxygens (including phenoxy) is 2. The molecule has 19 heavy (non-hydrogen) atoms. The highest BCUT2D eigenvalue weighted by Gasteiger charge is 2.41. The fourth-order valence-electron chi connectivity index (χ4n) is 2.65. The molecular formula is C13H23N3O3. The van der Waals surface area contributed by atoms with Gasteiger partial charge in [0.1, 0.15) is 0 Å². The molecule has 2 rings (SSSR count). The highest BCUT2D eigenvalue weighted by atomic mass is 16.5. The molecule has 6 heteroatoms. The second-order valence-electron chi connectivity index (χ2n) is 4.95. The molecule has 0 spiro atoms. The highest BCUT2D eigenvalue weighted by molar-refractivity contribution is 5.80. The molecule has 0 radical (unpaired) electrons. The molecule has 2 N–H and O–H groups in total. The van der Waals surface area contributed by atoms with Crippen molar-refractivity contribution in [2.24, 2.45) is 4.99 Å². The number of methoxy groups -OCH3 is 1. The summed E-state index contributed by atoms with van der Waals surface area (Å²) < 4.78 is 10.4. The van der Waals surface area contributed by atoms with Gasteiger partial charge in [0.25, 0.3) is 0 Å². The minimum atomic E-state index is -0.233. The molecule has 6 nitrogen and oxygen atoms in total. The molecule has 0 aliphatic carbocycles. The summed E-state index contributed by atoms with van der Waals surface area (Å²) in [7, 11) is 1.39. The average Bonchev–Trinajstić information content (AvgIpc) is 3.01. The monoisotopic (exact) mass is 269 g/mol. The molecule has 0 aromatic heterocycles. The number of esters is 1. The number of hydrogen-bond donors (Lipinski definition) is 2. The number of carbonyl (C=O) groups excluding carboxylic acids is 1. The van der Waals surface area contributed by atoms with Gasteiger partial charge in [-0.3, -0.25) is 9.79 Å². The Bertz CT molecular complexity index is 346. The number of guanidine groups is 1. The van der Waals surface area contributed by atoms with E-state index in [9.17, 15) is 4.79 Å². The zero-order valence-corrected chi connectivity index (χ0v) is 11.6. The maximum atomic E-state index is 11.0. The van der Waals surface area contributed by atoms with Crippen LogP contribution in [0.3, 0.4) is 0 Å². The van der Waals surface area contributed by atoms with Crippen LogP contribution in [0.5, 0.6) is 0 Å². The van der Waals surface area contributed by atoms with Gasteiger partial charge in [-0.05, 0) is 26.2 Å². The van der Waals surface area contributed by atoms with Crippen LogP contribution in [0, 0.1) is 0 Å². The van der Waals surface area contributed by atoms with Crippen molar-refractivity contribution < 1.29 is 14.3 Å². The fourth-order valence-corrected chi connectivity index (χ4v) is 2.65. The molecule has 0 saturated carbocycles. The Hall–Kier alpha value is -1.30. The van der Waals surface area contributed by atoms with Gasteiger partial charge in [0.2, 0.25) is 0 Å². The first-order valence-electron chi connectivity index (χ1n) is 7.00. The molecule has 2 bridgehead atoms. The number of carbonyl (C=O) groups is 1. The van der Waals surface area contributed by atoms with E-state index in [1.54, 1.807) is 0 Å². The minimum Gasteiger partial charge on any atom is -0.469 e. The van der Waals surface area contributed by atoms with Gasteiger partial charge < -0.3 is 20.1 Å². The summed E-state index contributed by atoms with van der Waals surface area (Å²) in [6, 6.07) is 0.342. The van der Waals surface area contributed by atoms with E-state index < -0.39 is 0 Å². The normalized spacial score (nSPS) is 29.4. The van der Waals surface area contributed by atoms with Crippen molar-refractivity contribution in [1.29, 1.82) is 0 Å². The van der Waals surface area contributed by atoms with Crippen LogP contribution < -0.4 is 10.6 Å². The quantitative estimate of drug-likeness (QED) is 0.430. The summed E-state index contributed by atoms with van der Waals surface area (Å²) in [4.78, 5) is 15.4. The molecule has 2 fully saturated rings. The first-order chi connectivity index (χ1) is 9.22. The summed E-state index contributed by atoms with van der Waals surface area (Å²) in [5.41, 5.74) is 0. The van der Waals surface area contributed by atoms with Gasteiger partial charge in [0.05, 0.1) is 38.3 Å². The standard InChI is InChI=1S/C13H23N3O3/c1-3-14-13(15-7-6-12(17)18-2)16-10-8-9-4-5-11(10)19-9/h9-11H,3-8H2,1-2H3,(H2,14,15,16). The van der Waals surface area contributed by atoms with Crippen LogP contribution in [0.1, 0.15) is 32.6 Å². The number of rotatable bonds is 5. The number of fused-ring (bicyclic) bond motifs is 2. The van der Waals surface area contributed by atoms with Crippen molar-refractivity contribution in [2.45, 2.75) is 50.9 Å². The van der Waals surface area contributed by atoms with E-state index in [-0.39, 0.29) is 5.97 Å². The maximum Gasteiger partial charge on any atom is 0.307 e. The van der Waals surface area contributed by atoms with Crippen LogP contribution in [-0.4, -0.2) is 50.4 Å². The Morgan fingerprint density at radius 1 is 1.47 bits per heavy atom. The lowest BCUT2D eigenvalue weighted by atomic mass is 9.96. The number of nitrogens with one attached hydrogen (secondary N) is 2. The molecule has 0 aromatic carbocycles. The van der Waals surface area contributed by atoms with Gasteiger partial charge in [-0.1, -0.05) is 0 Å². The zero-order chi connectivity index (χ0) is 13.7. The van der Waals surface area contributed by atoms with E-state index >= 15 is 0 Å². The molecule has 2 aliphatic heterocycles. The van der Waals surface area contributed by atoms with Crippen molar-refractivity contribution >= 4 is 11.9 Å². The Morgan fingerprint density at radius 2 is 2.32 bits per heavy atom. The first-order valence-corrected chi connectivity index (χ1v) is 7.00. The Morgan fingerprint density at radius 3 is 2.89 bits per heavy atom. The zero-order valence-electron chi connectivity index (χ0n) is 11.6. The van der Waals surface area contributed by atoms with E-state index in [1.807, 2.05) is 6.92 Å². The molecule has 2 saturated heterocycles. The lowest BCUT2D eigenvalue weighted by molar-refractivity contribution is -0.140. The van der Waals surface area contributed by atoms with E-state index in [2.05, 4.69) is 20.4 Å². The second-order valence-corrected chi connectivity index (χ2v) is 4.95. The lowest BCUT2D eigenvalue weighted by Gasteiger charge is -2.22. The number of hydrogen-bond acceptors (Lipinski definition) is 4. The van der Waals surface area contributed by atoms with Crippen LogP contribution in [0.25, 0.3) is 0 Å². The van der Waals surface area contributed by atoms with E-state index in [0.29, 0.717) is 31.2 Å². The van der Waals surface area contributed by atoms with Crippen LogP contribution >= 0.6 is 0 Å². The minimum absolute atomic E-state index is 0.233. The Balaban J connectivity index is 1.81. The topological polar surface area (TPSA) is 72.0 Å². The third kappa shape index (κ3) is 3.83. The summed E-state index contributed by atoms with van der Waals surface area (Å²) in [6.07, 6.45) is 4.39. The Labute approximate surface area is 113 Å². The van der Waals surface area contributed by atoms with E-state index in [0.717, 1.165) is 25.3 Å². The highest BCUT2D eigenvalue weighted by Crippen LogP contribution is 2.34. The van der Waals surface area contributed by atoms with Gasteiger partial charge in [0.15, 0.2) is 5.96 Å². The van der Waals surface area contributed by atoms with Crippen molar-refractivity contribution in [3.63, 3.8) is 0 Å². The van der Waals surface area contributed by atoms with Crippen molar-refractivity contribution in [3.05, 3.63) is 0 Å². The van der Waals surface area contributed by atoms with Crippen molar-refractivity contribution in [2.75, 3.05) is 20.2 Å². The molecule has 0 aromatic rings. The third-order valence-electron chi connectivity index (χ3n) is 3.59. The van der Waals surface area contributed by atoms with Gasteiger partial charge >= 0.3 is 5.97 Å². The lowest BCUT2D eigenvalue weighted by Crippen LogP contribution is -2.47. The predicted octanol–water partition coefficient (Wildman–Crippen LogP) is 0.425. The van der Waals surface area contributed by atoms with Gasteiger partial charge in [-0.25, -0.2) is 0 Å². The van der Waals surface area contributed by atoms with E-state index in [1.165, 1.54) is 13.5 Å². The third-order valence-corrected chi connectivity index (χ3v) is 3.59. The molecule has 2 aliphatic rings. The largest absolute Gasteiger partial charge is 0.469 e. The molecule has 2 heterocycles. The van der Waals surface area contributed by atoms with Gasteiger partial charge in [0, 0.05) is 6.54 Å². The smallest absolute Gasteiger partial charge is 0.307 e. The number of aliphatic imine (C=N–C) groups is 1. The van der Waals surface area contributed by atoms with Gasteiger partial charge in [-0.2, -0.15) is 0 Å². The van der Waals surface area contributed by atoms with Crippen molar-refractivity contribution in [1.82, 2.24) is 10.6 Å². The Kier molecular flexibility index (Phi) is 5.01. The molecule has 108 valence electrons. The maximum absolute atomic E-state index is 11.0. The first kappa shape index (κ1) is 14.1.